The summed E-state index contributed by atoms with van der Waals surface area (Å²) in [5.74, 6) is -0.194. The fourth-order valence-corrected chi connectivity index (χ4v) is 4.73. The van der Waals surface area contributed by atoms with E-state index in [2.05, 4.69) is 5.32 Å². The van der Waals surface area contributed by atoms with Gasteiger partial charge < -0.3 is 24.3 Å². The van der Waals surface area contributed by atoms with Gasteiger partial charge >= 0.3 is 0 Å². The molecule has 0 spiro atoms. The molecule has 0 atom stereocenters. The first kappa shape index (κ1) is 25.6. The van der Waals surface area contributed by atoms with Crippen molar-refractivity contribution in [2.24, 2.45) is 0 Å². The van der Waals surface area contributed by atoms with Crippen molar-refractivity contribution in [3.63, 3.8) is 0 Å². The van der Waals surface area contributed by atoms with Crippen LogP contribution < -0.4 is 28.6 Å². The largest absolute Gasteiger partial charge is 0.497 e. The highest BCUT2D eigenvalue weighted by Gasteiger charge is 2.31. The number of methoxy groups -OCH3 is 4. The van der Waals surface area contributed by atoms with E-state index in [1.54, 1.807) is 6.07 Å². The summed E-state index contributed by atoms with van der Waals surface area (Å²) >= 11 is 0. The van der Waals surface area contributed by atoms with Crippen molar-refractivity contribution in [1.29, 1.82) is 0 Å². The second-order valence-electron chi connectivity index (χ2n) is 7.12. The molecule has 0 bridgehead atoms. The van der Waals surface area contributed by atoms with Crippen LogP contribution in [0.2, 0.25) is 0 Å². The zero-order valence-electron chi connectivity index (χ0n) is 19.6. The Morgan fingerprint density at radius 2 is 1.54 bits per heavy atom. The van der Waals surface area contributed by atoms with E-state index in [-0.39, 0.29) is 27.8 Å². The first-order valence-electron chi connectivity index (χ1n) is 10.3. The average Bonchev–Trinajstić information content (AvgIpc) is 2.86. The second kappa shape index (κ2) is 11.0. The molecular weight excluding hydrogens is 479 g/mol. The van der Waals surface area contributed by atoms with Crippen molar-refractivity contribution in [2.45, 2.75) is 4.90 Å². The Kier molecular flexibility index (Phi) is 8.02. The lowest BCUT2D eigenvalue weighted by Gasteiger charge is -2.26. The van der Waals surface area contributed by atoms with Gasteiger partial charge in [-0.3, -0.25) is 9.10 Å². The highest BCUT2D eigenvalue weighted by Crippen LogP contribution is 2.37. The van der Waals surface area contributed by atoms with Gasteiger partial charge in [-0.25, -0.2) is 12.8 Å². The molecule has 3 aromatic carbocycles. The van der Waals surface area contributed by atoms with Crippen LogP contribution in [0.15, 0.2) is 65.6 Å². The molecule has 9 nitrogen and oxygen atoms in total. The quantitative estimate of drug-likeness (QED) is 0.449. The number of halogens is 1. The zero-order valence-corrected chi connectivity index (χ0v) is 20.4. The second-order valence-corrected chi connectivity index (χ2v) is 8.99. The minimum absolute atomic E-state index is 0.0658. The summed E-state index contributed by atoms with van der Waals surface area (Å²) in [6.45, 7) is -0.642. The molecule has 0 fully saturated rings. The summed E-state index contributed by atoms with van der Waals surface area (Å²) in [4.78, 5) is 12.8. The maximum absolute atomic E-state index is 13.8. The van der Waals surface area contributed by atoms with Gasteiger partial charge in [0, 0.05) is 17.8 Å². The van der Waals surface area contributed by atoms with Gasteiger partial charge in [-0.15, -0.1) is 0 Å². The third kappa shape index (κ3) is 5.75. The number of benzene rings is 3. The third-order valence-corrected chi connectivity index (χ3v) is 6.75. The maximum atomic E-state index is 13.8. The van der Waals surface area contributed by atoms with Gasteiger partial charge in [0.05, 0.1) is 39.0 Å². The van der Waals surface area contributed by atoms with E-state index in [9.17, 15) is 17.6 Å². The number of carbonyl (C=O) groups excluding carboxylic acids is 1. The summed E-state index contributed by atoms with van der Waals surface area (Å²) in [7, 11) is 1.27. The number of nitrogens with zero attached hydrogens (tertiary/aromatic N) is 1. The number of hydrogen-bond acceptors (Lipinski definition) is 7. The van der Waals surface area contributed by atoms with Gasteiger partial charge in [0.2, 0.25) is 5.91 Å². The lowest BCUT2D eigenvalue weighted by molar-refractivity contribution is -0.114. The van der Waals surface area contributed by atoms with E-state index in [1.807, 2.05) is 0 Å². The minimum Gasteiger partial charge on any atom is -0.497 e. The van der Waals surface area contributed by atoms with E-state index in [1.165, 1.54) is 77.0 Å². The van der Waals surface area contributed by atoms with Gasteiger partial charge in [-0.1, -0.05) is 6.07 Å². The predicted octanol–water partition coefficient (Wildman–Crippen LogP) is 3.69. The molecule has 0 aliphatic carbocycles. The fourth-order valence-electron chi connectivity index (χ4n) is 3.29. The molecular formula is C24H25FN2O7S. The highest BCUT2D eigenvalue weighted by atomic mass is 32.2. The molecule has 1 N–H and O–H groups in total. The Balaban J connectivity index is 2.10. The van der Waals surface area contributed by atoms with Crippen LogP contribution in [0.25, 0.3) is 0 Å². The van der Waals surface area contributed by atoms with Crippen LogP contribution in [0.5, 0.6) is 23.0 Å². The Labute approximate surface area is 203 Å². The number of carbonyl (C=O) groups is 1. The Bertz CT molecular complexity index is 1310. The molecule has 0 aliphatic heterocycles. The average molecular weight is 505 g/mol. The van der Waals surface area contributed by atoms with Crippen molar-refractivity contribution in [3.8, 4) is 23.0 Å². The van der Waals surface area contributed by atoms with Crippen LogP contribution in [-0.2, 0) is 14.8 Å². The van der Waals surface area contributed by atoms with E-state index in [4.69, 9.17) is 18.9 Å². The van der Waals surface area contributed by atoms with Crippen molar-refractivity contribution >= 4 is 27.3 Å². The SMILES string of the molecule is COc1ccc(OC)c(N(CC(=O)Nc2cccc(F)c2)S(=O)(=O)c2ccc(OC)c(OC)c2)c1. The van der Waals surface area contributed by atoms with E-state index in [0.29, 0.717) is 11.5 Å². The zero-order chi connectivity index (χ0) is 25.6. The summed E-state index contributed by atoms with van der Waals surface area (Å²) < 4.78 is 63.1. The van der Waals surface area contributed by atoms with Crippen LogP contribution in [0.4, 0.5) is 15.8 Å². The predicted molar refractivity (Wildman–Crippen MR) is 129 cm³/mol. The molecule has 0 radical (unpaired) electrons. The van der Waals surface area contributed by atoms with Crippen LogP contribution >= 0.6 is 0 Å². The summed E-state index contributed by atoms with van der Waals surface area (Å²) in [6.07, 6.45) is 0. The van der Waals surface area contributed by atoms with Gasteiger partial charge in [0.1, 0.15) is 23.9 Å². The molecule has 0 aliphatic rings. The fraction of sp³-hybridized carbons (Fsp3) is 0.208. The first-order chi connectivity index (χ1) is 16.7. The molecule has 11 heteroatoms. The maximum Gasteiger partial charge on any atom is 0.265 e. The number of amides is 1. The first-order valence-corrected chi connectivity index (χ1v) is 11.7. The van der Waals surface area contributed by atoms with Crippen molar-refractivity contribution in [3.05, 3.63) is 66.5 Å². The van der Waals surface area contributed by atoms with Crippen LogP contribution in [0, 0.1) is 5.82 Å². The van der Waals surface area contributed by atoms with Gasteiger partial charge in [0.15, 0.2) is 11.5 Å². The lowest BCUT2D eigenvalue weighted by Crippen LogP contribution is -2.38. The van der Waals surface area contributed by atoms with Crippen molar-refractivity contribution in [2.75, 3.05) is 44.6 Å². The Hall–Kier alpha value is -3.99. The number of sulfonamides is 1. The molecule has 3 rings (SSSR count). The molecule has 1 amide bonds. The van der Waals surface area contributed by atoms with Gasteiger partial charge in [-0.05, 0) is 42.5 Å². The summed E-state index contributed by atoms with van der Waals surface area (Å²) in [5, 5.41) is 2.51. The third-order valence-electron chi connectivity index (χ3n) is 4.99. The van der Waals surface area contributed by atoms with Crippen molar-refractivity contribution in [1.82, 2.24) is 0 Å². The van der Waals surface area contributed by atoms with Crippen LogP contribution in [-0.4, -0.2) is 49.3 Å². The molecule has 0 heterocycles. The Morgan fingerprint density at radius 1 is 0.857 bits per heavy atom. The number of anilines is 2. The summed E-state index contributed by atoms with van der Waals surface area (Å²) in [5.41, 5.74) is 0.243. The monoisotopic (exact) mass is 504 g/mol. The van der Waals surface area contributed by atoms with Gasteiger partial charge in [0.25, 0.3) is 10.0 Å². The molecule has 3 aromatic rings. The topological polar surface area (TPSA) is 103 Å². The van der Waals surface area contributed by atoms with Crippen LogP contribution in [0.3, 0.4) is 0 Å². The smallest absolute Gasteiger partial charge is 0.265 e. The molecule has 186 valence electrons. The molecule has 35 heavy (non-hydrogen) atoms. The normalized spacial score (nSPS) is 10.9. The van der Waals surface area contributed by atoms with Crippen LogP contribution in [0.1, 0.15) is 0 Å². The molecule has 0 saturated heterocycles. The minimum atomic E-state index is -4.34. The van der Waals surface area contributed by atoms with E-state index < -0.39 is 28.3 Å². The molecule has 0 aromatic heterocycles. The van der Waals surface area contributed by atoms with Crippen molar-refractivity contribution < 1.29 is 36.6 Å². The number of ether oxygens (including phenoxy) is 4. The number of nitrogens with one attached hydrogen (secondary N) is 1. The highest BCUT2D eigenvalue weighted by molar-refractivity contribution is 7.92. The van der Waals surface area contributed by atoms with E-state index in [0.717, 1.165) is 10.4 Å². The standard InChI is InChI=1S/C24H25FN2O7S/c1-31-18-8-10-21(32-2)20(13-18)27(15-24(28)26-17-7-5-6-16(25)12-17)35(29,30)19-9-11-22(33-3)23(14-19)34-4/h5-14H,15H2,1-4H3,(H,26,28). The number of rotatable bonds is 10. The lowest BCUT2D eigenvalue weighted by atomic mass is 10.2. The molecule has 0 unspecified atom stereocenters. The molecule has 0 saturated carbocycles. The summed E-state index contributed by atoms with van der Waals surface area (Å²) in [6, 6.07) is 13.9. The van der Waals surface area contributed by atoms with Gasteiger partial charge in [-0.2, -0.15) is 0 Å². The number of hydrogen-bond donors (Lipinski definition) is 1. The van der Waals surface area contributed by atoms with E-state index >= 15 is 0 Å². The Morgan fingerprint density at radius 3 is 2.17 bits per heavy atom.